The predicted molar refractivity (Wildman–Crippen MR) is 97.6 cm³/mol. The van der Waals surface area contributed by atoms with Gasteiger partial charge in [-0.05, 0) is 53.3 Å². The minimum atomic E-state index is 0.105. The molecule has 0 amide bonds. The highest BCUT2D eigenvalue weighted by molar-refractivity contribution is 6.19. The normalized spacial score (nSPS) is 26.7. The number of nitrogens with zero attached hydrogens (tertiary/aromatic N) is 1. The minimum Gasteiger partial charge on any atom is -0.280 e. The summed E-state index contributed by atoms with van der Waals surface area (Å²) in [4.78, 5) is 5.14. The van der Waals surface area contributed by atoms with Crippen LogP contribution in [0.3, 0.4) is 0 Å². The van der Waals surface area contributed by atoms with E-state index in [0.29, 0.717) is 12.0 Å². The minimum absolute atomic E-state index is 0.105. The van der Waals surface area contributed by atoms with Gasteiger partial charge in [0.2, 0.25) is 0 Å². The molecule has 1 nitrogen and oxygen atoms in total. The monoisotopic (exact) mass is 301 g/mol. The van der Waals surface area contributed by atoms with Gasteiger partial charge in [-0.25, -0.2) is 0 Å². The molecule has 0 radical (unpaired) electrons. The highest BCUT2D eigenvalue weighted by Crippen LogP contribution is 2.56. The van der Waals surface area contributed by atoms with Crippen molar-refractivity contribution in [3.05, 3.63) is 58.2 Å². The van der Waals surface area contributed by atoms with Gasteiger partial charge in [0.15, 0.2) is 0 Å². The molecule has 1 heteroatoms. The molecule has 2 aromatic rings. The zero-order valence-corrected chi connectivity index (χ0v) is 14.4. The molecular formula is C22H23N. The first kappa shape index (κ1) is 13.5. The van der Waals surface area contributed by atoms with Crippen LogP contribution >= 0.6 is 0 Å². The first-order chi connectivity index (χ1) is 11.0. The van der Waals surface area contributed by atoms with Gasteiger partial charge in [-0.2, -0.15) is 0 Å². The van der Waals surface area contributed by atoms with Gasteiger partial charge in [0.1, 0.15) is 0 Å². The van der Waals surface area contributed by atoms with Gasteiger partial charge in [-0.3, -0.25) is 4.99 Å². The Balaban J connectivity index is 1.97. The zero-order chi connectivity index (χ0) is 15.9. The number of aliphatic imine (C=N–C) groups is 1. The van der Waals surface area contributed by atoms with Crippen LogP contribution in [0.4, 0.5) is 0 Å². The lowest BCUT2D eigenvalue weighted by Gasteiger charge is -2.39. The van der Waals surface area contributed by atoms with Crippen molar-refractivity contribution in [3.63, 3.8) is 0 Å². The molecular weight excluding hydrogens is 278 g/mol. The maximum absolute atomic E-state index is 5.14. The highest BCUT2D eigenvalue weighted by atomic mass is 14.9. The largest absolute Gasteiger partial charge is 0.280 e. The van der Waals surface area contributed by atoms with Crippen molar-refractivity contribution in [2.45, 2.75) is 57.9 Å². The van der Waals surface area contributed by atoms with Gasteiger partial charge in [0.05, 0.1) is 11.8 Å². The number of rotatable bonds is 1. The summed E-state index contributed by atoms with van der Waals surface area (Å²) in [5, 5.41) is 2.85. The Bertz CT molecular complexity index is 926. The highest BCUT2D eigenvalue weighted by Gasteiger charge is 2.48. The second-order valence-corrected chi connectivity index (χ2v) is 7.90. The third-order valence-electron chi connectivity index (χ3n) is 6.34. The van der Waals surface area contributed by atoms with E-state index in [9.17, 15) is 0 Å². The van der Waals surface area contributed by atoms with Crippen LogP contribution in [0.15, 0.2) is 46.5 Å². The summed E-state index contributed by atoms with van der Waals surface area (Å²) < 4.78 is 0. The van der Waals surface area contributed by atoms with E-state index in [1.165, 1.54) is 39.6 Å². The summed E-state index contributed by atoms with van der Waals surface area (Å²) >= 11 is 0. The van der Waals surface area contributed by atoms with Crippen molar-refractivity contribution < 1.29 is 0 Å². The van der Waals surface area contributed by atoms with Crippen LogP contribution < -0.4 is 0 Å². The smallest absolute Gasteiger partial charge is 0.0685 e. The molecule has 2 unspecified atom stereocenters. The number of hydrogen-bond donors (Lipinski definition) is 0. The standard InChI is InChI=1S/C22H23N/c1-5-16-12(2)21-20-17(22(16,3)4)10-13-8-6-7-9-14(13)19(20)15-11-18(15)23-21/h6-10,15,18H,5,11H2,1-4H3. The van der Waals surface area contributed by atoms with E-state index in [1.54, 1.807) is 11.1 Å². The van der Waals surface area contributed by atoms with Crippen molar-refractivity contribution in [2.75, 3.05) is 0 Å². The maximum atomic E-state index is 5.14. The Morgan fingerprint density at radius 1 is 1.22 bits per heavy atom. The number of fused-ring (bicyclic) bond motifs is 4. The average Bonchev–Trinajstić information content (AvgIpc) is 3.31. The molecule has 2 aromatic carbocycles. The van der Waals surface area contributed by atoms with Crippen molar-refractivity contribution in [1.82, 2.24) is 0 Å². The van der Waals surface area contributed by atoms with Crippen molar-refractivity contribution in [3.8, 4) is 0 Å². The van der Waals surface area contributed by atoms with Crippen molar-refractivity contribution in [1.29, 1.82) is 0 Å². The molecule has 1 aliphatic heterocycles. The number of hydrogen-bond acceptors (Lipinski definition) is 1. The average molecular weight is 301 g/mol. The summed E-state index contributed by atoms with van der Waals surface area (Å²) in [6.45, 7) is 9.38. The topological polar surface area (TPSA) is 12.4 Å². The molecule has 0 aromatic heterocycles. The second-order valence-electron chi connectivity index (χ2n) is 7.90. The molecule has 3 aliphatic rings. The fraction of sp³-hybridized carbons (Fsp3) is 0.409. The van der Waals surface area contributed by atoms with Gasteiger partial charge < -0.3 is 0 Å². The Kier molecular flexibility index (Phi) is 2.44. The fourth-order valence-electron chi connectivity index (χ4n) is 5.14. The molecule has 5 rings (SSSR count). The van der Waals surface area contributed by atoms with E-state index in [4.69, 9.17) is 4.99 Å². The molecule has 23 heavy (non-hydrogen) atoms. The molecule has 116 valence electrons. The van der Waals surface area contributed by atoms with E-state index in [1.807, 2.05) is 0 Å². The summed E-state index contributed by atoms with van der Waals surface area (Å²) in [6, 6.07) is 11.9. The van der Waals surface area contributed by atoms with Crippen LogP contribution in [0, 0.1) is 0 Å². The number of allylic oxidation sites excluding steroid dienone is 2. The van der Waals surface area contributed by atoms with Crippen LogP contribution in [0.25, 0.3) is 10.8 Å². The number of benzene rings is 2. The molecule has 1 heterocycles. The lowest BCUT2D eigenvalue weighted by atomic mass is 9.65. The summed E-state index contributed by atoms with van der Waals surface area (Å²) in [5.41, 5.74) is 8.97. The maximum Gasteiger partial charge on any atom is 0.0685 e. The SMILES string of the molecule is CCC1=C(C)C2=NC3CC3c3c2c(cc2ccccc32)C1(C)C. The third kappa shape index (κ3) is 1.56. The van der Waals surface area contributed by atoms with E-state index < -0.39 is 0 Å². The van der Waals surface area contributed by atoms with Crippen LogP contribution in [0.5, 0.6) is 0 Å². The molecule has 0 bridgehead atoms. The first-order valence-electron chi connectivity index (χ1n) is 8.89. The Morgan fingerprint density at radius 3 is 2.78 bits per heavy atom. The van der Waals surface area contributed by atoms with E-state index in [2.05, 4.69) is 58.0 Å². The van der Waals surface area contributed by atoms with Gasteiger partial charge in [-0.15, -0.1) is 0 Å². The fourth-order valence-corrected chi connectivity index (χ4v) is 5.14. The Labute approximate surface area is 138 Å². The molecule has 0 spiro atoms. The first-order valence-corrected chi connectivity index (χ1v) is 8.89. The van der Waals surface area contributed by atoms with Gasteiger partial charge in [0, 0.05) is 16.9 Å². The second kappa shape index (κ2) is 4.14. The molecule has 1 fully saturated rings. The summed E-state index contributed by atoms with van der Waals surface area (Å²) in [7, 11) is 0. The lowest BCUT2D eigenvalue weighted by molar-refractivity contribution is 0.589. The summed E-state index contributed by atoms with van der Waals surface area (Å²) in [5.74, 6) is 0.658. The molecule has 2 atom stereocenters. The quantitative estimate of drug-likeness (QED) is 0.658. The van der Waals surface area contributed by atoms with Crippen LogP contribution in [-0.2, 0) is 5.41 Å². The Morgan fingerprint density at radius 2 is 2.00 bits per heavy atom. The van der Waals surface area contributed by atoms with E-state index in [0.717, 1.165) is 6.42 Å². The van der Waals surface area contributed by atoms with Crippen LogP contribution in [0.2, 0.25) is 0 Å². The lowest BCUT2D eigenvalue weighted by Crippen LogP contribution is -2.33. The van der Waals surface area contributed by atoms with Crippen molar-refractivity contribution in [2.24, 2.45) is 4.99 Å². The molecule has 1 saturated carbocycles. The van der Waals surface area contributed by atoms with Gasteiger partial charge in [-0.1, -0.05) is 50.6 Å². The predicted octanol–water partition coefficient (Wildman–Crippen LogP) is 5.52. The van der Waals surface area contributed by atoms with Crippen LogP contribution in [0.1, 0.15) is 63.1 Å². The van der Waals surface area contributed by atoms with E-state index in [-0.39, 0.29) is 5.41 Å². The van der Waals surface area contributed by atoms with Crippen LogP contribution in [-0.4, -0.2) is 11.8 Å². The van der Waals surface area contributed by atoms with Gasteiger partial charge >= 0.3 is 0 Å². The van der Waals surface area contributed by atoms with E-state index >= 15 is 0 Å². The van der Waals surface area contributed by atoms with Gasteiger partial charge in [0.25, 0.3) is 0 Å². The molecule has 0 saturated heterocycles. The summed E-state index contributed by atoms with van der Waals surface area (Å²) in [6.07, 6.45) is 2.34. The third-order valence-corrected chi connectivity index (χ3v) is 6.34. The molecule has 0 N–H and O–H groups in total. The molecule has 2 aliphatic carbocycles. The van der Waals surface area contributed by atoms with Crippen molar-refractivity contribution >= 4 is 16.5 Å². The zero-order valence-electron chi connectivity index (χ0n) is 14.4. The Hall–Kier alpha value is -1.89.